The van der Waals surface area contributed by atoms with Crippen molar-refractivity contribution in [1.82, 2.24) is 9.88 Å². The third-order valence-corrected chi connectivity index (χ3v) is 4.02. The standard InChI is InChI=1S/C15H15Cl2N3O/c1-9(11-5-3-4-6-12(11)16)20(2)15(21)10-7-13(17)14(18)19-8-10/h3-9H,1-2H3,(H2,18,19). The van der Waals surface area contributed by atoms with Gasteiger partial charge in [0, 0.05) is 18.3 Å². The number of pyridine rings is 1. The van der Waals surface area contributed by atoms with Crippen molar-refractivity contribution >= 4 is 34.9 Å². The van der Waals surface area contributed by atoms with E-state index < -0.39 is 0 Å². The van der Waals surface area contributed by atoms with Crippen LogP contribution in [0.4, 0.5) is 5.82 Å². The highest BCUT2D eigenvalue weighted by Gasteiger charge is 2.21. The topological polar surface area (TPSA) is 59.2 Å². The molecule has 0 bridgehead atoms. The van der Waals surface area contributed by atoms with Gasteiger partial charge >= 0.3 is 0 Å². The van der Waals surface area contributed by atoms with E-state index in [0.29, 0.717) is 10.6 Å². The quantitative estimate of drug-likeness (QED) is 0.934. The second-order valence-electron chi connectivity index (χ2n) is 4.70. The third-order valence-electron chi connectivity index (χ3n) is 3.37. The van der Waals surface area contributed by atoms with Crippen molar-refractivity contribution in [3.63, 3.8) is 0 Å². The molecule has 0 aliphatic heterocycles. The van der Waals surface area contributed by atoms with Gasteiger partial charge in [-0.2, -0.15) is 0 Å². The van der Waals surface area contributed by atoms with Crippen LogP contribution in [0.25, 0.3) is 0 Å². The molecule has 1 aromatic carbocycles. The fourth-order valence-electron chi connectivity index (χ4n) is 1.97. The number of benzene rings is 1. The van der Waals surface area contributed by atoms with Crippen LogP contribution in [0.1, 0.15) is 28.9 Å². The Labute approximate surface area is 133 Å². The van der Waals surface area contributed by atoms with Crippen molar-refractivity contribution in [1.29, 1.82) is 0 Å². The Morgan fingerprint density at radius 1 is 1.29 bits per heavy atom. The molecule has 110 valence electrons. The first kappa shape index (κ1) is 15.6. The summed E-state index contributed by atoms with van der Waals surface area (Å²) in [7, 11) is 1.71. The van der Waals surface area contributed by atoms with Crippen molar-refractivity contribution in [3.05, 3.63) is 57.7 Å². The molecule has 6 heteroatoms. The summed E-state index contributed by atoms with van der Waals surface area (Å²) in [6, 6.07) is 8.77. The molecule has 2 aromatic rings. The highest BCUT2D eigenvalue weighted by atomic mass is 35.5. The average Bonchev–Trinajstić information content (AvgIpc) is 2.48. The maximum atomic E-state index is 12.5. The molecule has 0 aliphatic rings. The molecule has 1 heterocycles. The molecule has 21 heavy (non-hydrogen) atoms. The van der Waals surface area contributed by atoms with E-state index in [0.717, 1.165) is 5.56 Å². The number of carbonyl (C=O) groups excluding carboxylic acids is 1. The zero-order valence-electron chi connectivity index (χ0n) is 11.7. The van der Waals surface area contributed by atoms with E-state index in [9.17, 15) is 4.79 Å². The summed E-state index contributed by atoms with van der Waals surface area (Å²) >= 11 is 12.1. The Morgan fingerprint density at radius 3 is 2.57 bits per heavy atom. The maximum absolute atomic E-state index is 12.5. The number of hydrogen-bond acceptors (Lipinski definition) is 3. The van der Waals surface area contributed by atoms with Gasteiger partial charge in [-0.1, -0.05) is 41.4 Å². The van der Waals surface area contributed by atoms with Crippen molar-refractivity contribution in [3.8, 4) is 0 Å². The minimum absolute atomic E-state index is 0.178. The zero-order valence-corrected chi connectivity index (χ0v) is 13.2. The van der Waals surface area contributed by atoms with Gasteiger partial charge in [0.1, 0.15) is 5.82 Å². The first-order valence-corrected chi connectivity index (χ1v) is 7.10. The third kappa shape index (κ3) is 3.28. The molecule has 1 unspecified atom stereocenters. The van der Waals surface area contributed by atoms with Gasteiger partial charge in [0.05, 0.1) is 16.6 Å². The lowest BCUT2D eigenvalue weighted by Gasteiger charge is -2.26. The predicted molar refractivity (Wildman–Crippen MR) is 85.6 cm³/mol. The minimum atomic E-state index is -0.197. The number of carbonyl (C=O) groups is 1. The maximum Gasteiger partial charge on any atom is 0.255 e. The molecule has 0 saturated carbocycles. The molecule has 1 atom stereocenters. The highest BCUT2D eigenvalue weighted by Crippen LogP contribution is 2.27. The molecule has 0 spiro atoms. The molecule has 1 amide bonds. The summed E-state index contributed by atoms with van der Waals surface area (Å²) in [6.45, 7) is 1.91. The lowest BCUT2D eigenvalue weighted by atomic mass is 10.1. The van der Waals surface area contributed by atoms with Gasteiger partial charge < -0.3 is 10.6 Å². The van der Waals surface area contributed by atoms with Crippen LogP contribution in [-0.2, 0) is 0 Å². The SMILES string of the molecule is CC(c1ccccc1Cl)N(C)C(=O)c1cnc(N)c(Cl)c1. The zero-order chi connectivity index (χ0) is 15.6. The average molecular weight is 324 g/mol. The largest absolute Gasteiger partial charge is 0.382 e. The summed E-state index contributed by atoms with van der Waals surface area (Å²) < 4.78 is 0. The van der Waals surface area contributed by atoms with Crippen LogP contribution in [0.15, 0.2) is 36.5 Å². The Kier molecular flexibility index (Phi) is 4.70. The van der Waals surface area contributed by atoms with Crippen molar-refractivity contribution < 1.29 is 4.79 Å². The molecular weight excluding hydrogens is 309 g/mol. The van der Waals surface area contributed by atoms with Crippen LogP contribution >= 0.6 is 23.2 Å². The highest BCUT2D eigenvalue weighted by molar-refractivity contribution is 6.33. The molecule has 0 aliphatic carbocycles. The van der Waals surface area contributed by atoms with E-state index in [2.05, 4.69) is 4.98 Å². The summed E-state index contributed by atoms with van der Waals surface area (Å²) in [5.74, 6) is 0.00633. The van der Waals surface area contributed by atoms with E-state index in [-0.39, 0.29) is 22.8 Å². The van der Waals surface area contributed by atoms with Gasteiger partial charge in [0.25, 0.3) is 5.91 Å². The molecule has 2 rings (SSSR count). The number of nitrogen functional groups attached to an aromatic ring is 1. The van der Waals surface area contributed by atoms with Gasteiger partial charge in [-0.3, -0.25) is 4.79 Å². The molecule has 4 nitrogen and oxygen atoms in total. The van der Waals surface area contributed by atoms with Crippen LogP contribution in [0, 0.1) is 0 Å². The first-order valence-electron chi connectivity index (χ1n) is 6.34. The van der Waals surface area contributed by atoms with Crippen LogP contribution < -0.4 is 5.73 Å². The number of anilines is 1. The molecule has 0 saturated heterocycles. The number of halogens is 2. The van der Waals surface area contributed by atoms with Crippen molar-refractivity contribution in [2.24, 2.45) is 0 Å². The van der Waals surface area contributed by atoms with Crippen molar-refractivity contribution in [2.75, 3.05) is 12.8 Å². The smallest absolute Gasteiger partial charge is 0.255 e. The fourth-order valence-corrected chi connectivity index (χ4v) is 2.43. The molecular formula is C15H15Cl2N3O. The number of aromatic nitrogens is 1. The predicted octanol–water partition coefficient (Wildman–Crippen LogP) is 3.80. The second kappa shape index (κ2) is 6.33. The molecule has 0 fully saturated rings. The monoisotopic (exact) mass is 323 g/mol. The number of amides is 1. The number of nitrogens with zero attached hydrogens (tertiary/aromatic N) is 2. The van der Waals surface area contributed by atoms with Gasteiger partial charge in [-0.25, -0.2) is 4.98 Å². The Morgan fingerprint density at radius 2 is 1.95 bits per heavy atom. The van der Waals surface area contributed by atoms with Gasteiger partial charge in [-0.15, -0.1) is 0 Å². The van der Waals surface area contributed by atoms with Crippen LogP contribution in [-0.4, -0.2) is 22.8 Å². The summed E-state index contributed by atoms with van der Waals surface area (Å²) in [5, 5.41) is 0.887. The summed E-state index contributed by atoms with van der Waals surface area (Å²) in [5.41, 5.74) is 6.81. The van der Waals surface area contributed by atoms with E-state index in [1.54, 1.807) is 18.0 Å². The number of nitrogens with two attached hydrogens (primary N) is 1. The van der Waals surface area contributed by atoms with Gasteiger partial charge in [0.15, 0.2) is 0 Å². The number of hydrogen-bond donors (Lipinski definition) is 1. The summed E-state index contributed by atoms with van der Waals surface area (Å²) in [6.07, 6.45) is 1.42. The van der Waals surface area contributed by atoms with Crippen molar-refractivity contribution in [2.45, 2.75) is 13.0 Å². The minimum Gasteiger partial charge on any atom is -0.382 e. The van der Waals surface area contributed by atoms with Crippen LogP contribution in [0.3, 0.4) is 0 Å². The van der Waals surface area contributed by atoms with Gasteiger partial charge in [-0.05, 0) is 24.6 Å². The Balaban J connectivity index is 2.26. The first-order chi connectivity index (χ1) is 9.91. The van der Waals surface area contributed by atoms with Crippen LogP contribution in [0.2, 0.25) is 10.0 Å². The summed E-state index contributed by atoms with van der Waals surface area (Å²) in [4.78, 5) is 18.0. The van der Waals surface area contributed by atoms with E-state index in [1.165, 1.54) is 12.3 Å². The lowest BCUT2D eigenvalue weighted by molar-refractivity contribution is 0.0742. The van der Waals surface area contributed by atoms with Gasteiger partial charge in [0.2, 0.25) is 0 Å². The van der Waals surface area contributed by atoms with E-state index in [1.807, 2.05) is 25.1 Å². The molecule has 0 radical (unpaired) electrons. The molecule has 2 N–H and O–H groups in total. The van der Waals surface area contributed by atoms with Crippen LogP contribution in [0.5, 0.6) is 0 Å². The second-order valence-corrected chi connectivity index (χ2v) is 5.52. The molecule has 1 aromatic heterocycles. The van der Waals surface area contributed by atoms with E-state index >= 15 is 0 Å². The Bertz CT molecular complexity index is 676. The number of rotatable bonds is 3. The van der Waals surface area contributed by atoms with E-state index in [4.69, 9.17) is 28.9 Å². The normalized spacial score (nSPS) is 12.0. The lowest BCUT2D eigenvalue weighted by Crippen LogP contribution is -2.30. The fraction of sp³-hybridized carbons (Fsp3) is 0.200. The Hall–Kier alpha value is -1.78.